The molecular weight excluding hydrogens is 316 g/mol. The van der Waals surface area contributed by atoms with E-state index in [4.69, 9.17) is 17.3 Å². The second-order valence-electron chi connectivity index (χ2n) is 4.99. The highest BCUT2D eigenvalue weighted by Gasteiger charge is 2.30. The number of sulfonamides is 1. The van der Waals surface area contributed by atoms with E-state index in [0.29, 0.717) is 5.92 Å². The number of nitrogens with two attached hydrogens (primary N) is 1. The van der Waals surface area contributed by atoms with Crippen LogP contribution in [-0.2, 0) is 14.8 Å². The Morgan fingerprint density at radius 3 is 2.76 bits per heavy atom. The molecule has 1 unspecified atom stereocenters. The predicted octanol–water partition coefficient (Wildman–Crippen LogP) is 1.14. The number of hydrogen-bond acceptors (Lipinski definition) is 5. The molecule has 1 aromatic carbocycles. The first-order chi connectivity index (χ1) is 9.85. The number of rotatable bonds is 6. The average Bonchev–Trinajstić information content (AvgIpc) is 3.29. The minimum absolute atomic E-state index is 0.0372. The van der Waals surface area contributed by atoms with Gasteiger partial charge >= 0.3 is 5.97 Å². The number of hydrogen-bond donors (Lipinski definition) is 2. The summed E-state index contributed by atoms with van der Waals surface area (Å²) in [4.78, 5) is 11.3. The number of halogens is 1. The molecule has 1 atom stereocenters. The maximum atomic E-state index is 12.3. The Bertz CT molecular complexity index is 644. The number of carbonyl (C=O) groups excluding carboxylic acids is 1. The highest BCUT2D eigenvalue weighted by molar-refractivity contribution is 7.89. The van der Waals surface area contributed by atoms with Gasteiger partial charge in [0.05, 0.1) is 17.7 Å². The molecule has 0 heterocycles. The van der Waals surface area contributed by atoms with E-state index in [1.165, 1.54) is 25.3 Å². The highest BCUT2D eigenvalue weighted by Crippen LogP contribution is 2.31. The van der Waals surface area contributed by atoms with Gasteiger partial charge in [0.25, 0.3) is 0 Å². The SMILES string of the molecule is COC(=O)c1ccc(Cl)c(S(=O)(=O)NCC(N)C2CC2)c1. The Morgan fingerprint density at radius 2 is 2.19 bits per heavy atom. The number of esters is 1. The van der Waals surface area contributed by atoms with Crippen molar-refractivity contribution in [2.75, 3.05) is 13.7 Å². The summed E-state index contributed by atoms with van der Waals surface area (Å²) in [5.41, 5.74) is 5.99. The summed E-state index contributed by atoms with van der Waals surface area (Å²) in [6.45, 7) is 0.145. The van der Waals surface area contributed by atoms with E-state index < -0.39 is 16.0 Å². The smallest absolute Gasteiger partial charge is 0.337 e. The van der Waals surface area contributed by atoms with Crippen molar-refractivity contribution in [3.8, 4) is 0 Å². The van der Waals surface area contributed by atoms with Gasteiger partial charge in [-0.05, 0) is 37.0 Å². The van der Waals surface area contributed by atoms with Crippen molar-refractivity contribution in [2.45, 2.75) is 23.8 Å². The van der Waals surface area contributed by atoms with Crippen LogP contribution in [0.15, 0.2) is 23.1 Å². The summed E-state index contributed by atoms with van der Waals surface area (Å²) in [7, 11) is -2.61. The summed E-state index contributed by atoms with van der Waals surface area (Å²) in [5.74, 6) is -0.248. The van der Waals surface area contributed by atoms with Gasteiger partial charge in [0.15, 0.2) is 0 Å². The molecule has 0 aromatic heterocycles. The third-order valence-corrected chi connectivity index (χ3v) is 5.28. The monoisotopic (exact) mass is 332 g/mol. The molecule has 0 aliphatic heterocycles. The van der Waals surface area contributed by atoms with Gasteiger partial charge in [-0.25, -0.2) is 17.9 Å². The molecule has 116 valence electrons. The van der Waals surface area contributed by atoms with Crippen LogP contribution >= 0.6 is 11.6 Å². The predicted molar refractivity (Wildman–Crippen MR) is 78.7 cm³/mol. The van der Waals surface area contributed by atoms with Crippen molar-refractivity contribution in [1.82, 2.24) is 4.72 Å². The van der Waals surface area contributed by atoms with Crippen LogP contribution in [0.5, 0.6) is 0 Å². The Morgan fingerprint density at radius 1 is 1.52 bits per heavy atom. The van der Waals surface area contributed by atoms with Gasteiger partial charge in [0.2, 0.25) is 10.0 Å². The zero-order valence-corrected chi connectivity index (χ0v) is 13.1. The Kier molecular flexibility index (Phi) is 4.88. The van der Waals surface area contributed by atoms with E-state index in [2.05, 4.69) is 9.46 Å². The first-order valence-corrected chi connectivity index (χ1v) is 8.34. The Labute approximate surface area is 128 Å². The Hall–Kier alpha value is -1.15. The lowest BCUT2D eigenvalue weighted by Crippen LogP contribution is -2.38. The van der Waals surface area contributed by atoms with E-state index in [1.807, 2.05) is 0 Å². The largest absolute Gasteiger partial charge is 0.465 e. The van der Waals surface area contributed by atoms with E-state index in [0.717, 1.165) is 12.8 Å². The average molecular weight is 333 g/mol. The topological polar surface area (TPSA) is 98.5 Å². The molecule has 0 saturated heterocycles. The number of benzene rings is 1. The quantitative estimate of drug-likeness (QED) is 0.761. The van der Waals surface area contributed by atoms with Gasteiger partial charge < -0.3 is 10.5 Å². The fourth-order valence-corrected chi connectivity index (χ4v) is 3.53. The van der Waals surface area contributed by atoms with Gasteiger partial charge in [0.1, 0.15) is 4.90 Å². The molecule has 6 nitrogen and oxygen atoms in total. The van der Waals surface area contributed by atoms with Crippen molar-refractivity contribution in [3.63, 3.8) is 0 Å². The van der Waals surface area contributed by atoms with Crippen LogP contribution in [0, 0.1) is 5.92 Å². The lowest BCUT2D eigenvalue weighted by molar-refractivity contribution is 0.0600. The van der Waals surface area contributed by atoms with Crippen molar-refractivity contribution >= 4 is 27.6 Å². The first-order valence-electron chi connectivity index (χ1n) is 6.48. The number of ether oxygens (including phenoxy) is 1. The van der Waals surface area contributed by atoms with E-state index in [1.54, 1.807) is 0 Å². The van der Waals surface area contributed by atoms with E-state index in [-0.39, 0.29) is 28.1 Å². The molecule has 1 aromatic rings. The summed E-state index contributed by atoms with van der Waals surface area (Å²) < 4.78 is 31.5. The zero-order chi connectivity index (χ0) is 15.6. The second kappa shape index (κ2) is 6.31. The van der Waals surface area contributed by atoms with Gasteiger partial charge in [-0.1, -0.05) is 11.6 Å². The van der Waals surface area contributed by atoms with Gasteiger partial charge in [0, 0.05) is 12.6 Å². The fraction of sp³-hybridized carbons (Fsp3) is 0.462. The van der Waals surface area contributed by atoms with Gasteiger partial charge in [-0.15, -0.1) is 0 Å². The van der Waals surface area contributed by atoms with Crippen LogP contribution < -0.4 is 10.5 Å². The van der Waals surface area contributed by atoms with Gasteiger partial charge in [-0.2, -0.15) is 0 Å². The first kappa shape index (κ1) is 16.2. The van der Waals surface area contributed by atoms with Crippen LogP contribution in [0.2, 0.25) is 5.02 Å². The molecule has 1 saturated carbocycles. The molecule has 3 N–H and O–H groups in total. The molecule has 0 bridgehead atoms. The number of carbonyl (C=O) groups is 1. The Balaban J connectivity index is 2.19. The lowest BCUT2D eigenvalue weighted by Gasteiger charge is -2.13. The number of methoxy groups -OCH3 is 1. The maximum absolute atomic E-state index is 12.3. The summed E-state index contributed by atoms with van der Waals surface area (Å²) in [6.07, 6.45) is 2.06. The molecule has 1 aliphatic carbocycles. The van der Waals surface area contributed by atoms with Gasteiger partial charge in [-0.3, -0.25) is 0 Å². The zero-order valence-electron chi connectivity index (χ0n) is 11.5. The van der Waals surface area contributed by atoms with Crippen molar-refractivity contribution in [2.24, 2.45) is 11.7 Å². The normalized spacial score (nSPS) is 16.5. The minimum atomic E-state index is -3.83. The van der Waals surface area contributed by atoms with Crippen molar-refractivity contribution < 1.29 is 17.9 Å². The molecule has 1 fully saturated rings. The standard InChI is InChI=1S/C13H17ClN2O4S/c1-20-13(17)9-4-5-10(14)12(6-9)21(18,19)16-7-11(15)8-2-3-8/h4-6,8,11,16H,2-3,7,15H2,1H3. The van der Waals surface area contributed by atoms with Crippen LogP contribution in [0.4, 0.5) is 0 Å². The summed E-state index contributed by atoms with van der Waals surface area (Å²) in [5, 5.41) is 0.0372. The van der Waals surface area contributed by atoms with Crippen LogP contribution in [0.1, 0.15) is 23.2 Å². The summed E-state index contributed by atoms with van der Waals surface area (Å²) in [6, 6.07) is 3.74. The molecule has 21 heavy (non-hydrogen) atoms. The molecule has 2 rings (SSSR count). The summed E-state index contributed by atoms with van der Waals surface area (Å²) >= 11 is 5.92. The molecule has 0 spiro atoms. The van der Waals surface area contributed by atoms with Crippen molar-refractivity contribution in [3.05, 3.63) is 28.8 Å². The maximum Gasteiger partial charge on any atom is 0.337 e. The molecule has 0 radical (unpaired) electrons. The van der Waals surface area contributed by atoms with E-state index in [9.17, 15) is 13.2 Å². The third-order valence-electron chi connectivity index (χ3n) is 3.38. The van der Waals surface area contributed by atoms with Crippen LogP contribution in [0.3, 0.4) is 0 Å². The molecular formula is C13H17ClN2O4S. The third kappa shape index (κ3) is 3.94. The molecule has 1 aliphatic rings. The van der Waals surface area contributed by atoms with Crippen LogP contribution in [-0.4, -0.2) is 34.1 Å². The molecule has 8 heteroatoms. The second-order valence-corrected chi connectivity index (χ2v) is 7.13. The molecule has 0 amide bonds. The minimum Gasteiger partial charge on any atom is -0.465 e. The number of nitrogens with one attached hydrogen (secondary N) is 1. The van der Waals surface area contributed by atoms with E-state index >= 15 is 0 Å². The fourth-order valence-electron chi connectivity index (χ4n) is 1.93. The highest BCUT2D eigenvalue weighted by atomic mass is 35.5. The van der Waals surface area contributed by atoms with Crippen LogP contribution in [0.25, 0.3) is 0 Å². The lowest BCUT2D eigenvalue weighted by atomic mass is 10.2. The van der Waals surface area contributed by atoms with Crippen molar-refractivity contribution in [1.29, 1.82) is 0 Å².